The first-order valence-electron chi connectivity index (χ1n) is 11.7. The Labute approximate surface area is 210 Å². The third-order valence-corrected chi connectivity index (χ3v) is 9.58. The van der Waals surface area contributed by atoms with Crippen LogP contribution in [0.25, 0.3) is 0 Å². The van der Waals surface area contributed by atoms with Crippen LogP contribution in [0.2, 0.25) is 0 Å². The minimum atomic E-state index is -3.61. The van der Waals surface area contributed by atoms with Gasteiger partial charge in [-0.2, -0.15) is 4.31 Å². The quantitative estimate of drug-likeness (QED) is 0.441. The number of carbonyl (C=O) groups is 2. The second kappa shape index (κ2) is 11.1. The van der Waals surface area contributed by atoms with Crippen LogP contribution in [0.1, 0.15) is 40.1 Å². The van der Waals surface area contributed by atoms with E-state index in [1.54, 1.807) is 12.1 Å². The average Bonchev–Trinajstić information content (AvgIpc) is 3.03. The fraction of sp³-hybridized carbons (Fsp3) is 0.500. The van der Waals surface area contributed by atoms with Crippen LogP contribution in [-0.2, 0) is 32.4 Å². The molecular weight excluding hydrogens is 490 g/mol. The van der Waals surface area contributed by atoms with E-state index >= 15 is 0 Å². The van der Waals surface area contributed by atoms with Crippen molar-refractivity contribution in [3.63, 3.8) is 0 Å². The highest BCUT2D eigenvalue weighted by molar-refractivity contribution is 7.89. The monoisotopic (exact) mass is 521 g/mol. The fourth-order valence-corrected chi connectivity index (χ4v) is 7.26. The molecule has 0 radical (unpaired) electrons. The number of aryl methyl sites for hydroxylation is 1. The van der Waals surface area contributed by atoms with Gasteiger partial charge in [-0.1, -0.05) is 6.42 Å². The van der Waals surface area contributed by atoms with Gasteiger partial charge < -0.3 is 14.8 Å². The number of esters is 1. The number of hydrogen-bond donors (Lipinski definition) is 1. The standard InChI is InChI=1S/C24H31N3O6S2/c1-32-17-8-10-18(11-9-17)35(30,31)27-14-12-26(13-15-27)16-21(28)25-23-22(24(29)33-2)19-6-4-3-5-7-20(19)34-23/h8-11H,3-7,12-16H2,1-2H3,(H,25,28). The van der Waals surface area contributed by atoms with Gasteiger partial charge in [0.25, 0.3) is 0 Å². The number of nitrogens with one attached hydrogen (secondary N) is 1. The third kappa shape index (κ3) is 5.69. The second-order valence-corrected chi connectivity index (χ2v) is 11.7. The number of methoxy groups -OCH3 is 2. The molecule has 0 saturated carbocycles. The zero-order valence-corrected chi connectivity index (χ0v) is 21.7. The number of nitrogens with zero attached hydrogens (tertiary/aromatic N) is 2. The molecule has 11 heteroatoms. The first-order valence-corrected chi connectivity index (χ1v) is 14.0. The molecule has 1 fully saturated rings. The van der Waals surface area contributed by atoms with Crippen molar-refractivity contribution < 1.29 is 27.5 Å². The Hall–Kier alpha value is -2.47. The van der Waals surface area contributed by atoms with Crippen molar-refractivity contribution in [1.29, 1.82) is 0 Å². The van der Waals surface area contributed by atoms with Gasteiger partial charge in [-0.15, -0.1) is 11.3 Å². The molecule has 1 aromatic heterocycles. The second-order valence-electron chi connectivity index (χ2n) is 8.66. The number of benzene rings is 1. The van der Waals surface area contributed by atoms with Gasteiger partial charge in [-0.3, -0.25) is 9.69 Å². The van der Waals surface area contributed by atoms with Crippen molar-refractivity contribution in [3.8, 4) is 5.75 Å². The Bertz CT molecular complexity index is 1170. The van der Waals surface area contributed by atoms with E-state index in [1.165, 1.54) is 42.0 Å². The van der Waals surface area contributed by atoms with Crippen LogP contribution < -0.4 is 10.1 Å². The highest BCUT2D eigenvalue weighted by atomic mass is 32.2. The Morgan fingerprint density at radius 1 is 1.00 bits per heavy atom. The van der Waals surface area contributed by atoms with Crippen molar-refractivity contribution in [2.24, 2.45) is 0 Å². The lowest BCUT2D eigenvalue weighted by molar-refractivity contribution is -0.117. The van der Waals surface area contributed by atoms with E-state index in [4.69, 9.17) is 9.47 Å². The molecule has 4 rings (SSSR count). The lowest BCUT2D eigenvalue weighted by atomic mass is 10.1. The molecule has 2 aromatic rings. The average molecular weight is 522 g/mol. The number of hydrogen-bond acceptors (Lipinski definition) is 8. The molecule has 0 atom stereocenters. The smallest absolute Gasteiger partial charge is 0.341 e. The van der Waals surface area contributed by atoms with Crippen molar-refractivity contribution >= 4 is 38.2 Å². The van der Waals surface area contributed by atoms with E-state index in [-0.39, 0.29) is 17.3 Å². The molecule has 1 aromatic carbocycles. The number of amides is 1. The largest absolute Gasteiger partial charge is 0.497 e. The minimum Gasteiger partial charge on any atom is -0.497 e. The summed E-state index contributed by atoms with van der Waals surface area (Å²) in [7, 11) is -0.723. The highest BCUT2D eigenvalue weighted by Gasteiger charge is 2.30. The number of rotatable bonds is 7. The van der Waals surface area contributed by atoms with Gasteiger partial charge in [0.2, 0.25) is 15.9 Å². The Morgan fingerprint density at radius 3 is 2.34 bits per heavy atom. The van der Waals surface area contributed by atoms with E-state index in [0.29, 0.717) is 42.5 Å². The van der Waals surface area contributed by atoms with Crippen LogP contribution >= 0.6 is 11.3 Å². The highest BCUT2D eigenvalue weighted by Crippen LogP contribution is 2.38. The van der Waals surface area contributed by atoms with Crippen molar-refractivity contribution in [2.45, 2.75) is 37.0 Å². The van der Waals surface area contributed by atoms with Gasteiger partial charge in [-0.05, 0) is 55.5 Å². The molecule has 0 unspecified atom stereocenters. The summed E-state index contributed by atoms with van der Waals surface area (Å²) in [6.07, 6.45) is 4.95. The number of ether oxygens (including phenoxy) is 2. The van der Waals surface area contributed by atoms with E-state index < -0.39 is 16.0 Å². The lowest BCUT2D eigenvalue weighted by Crippen LogP contribution is -2.50. The molecule has 9 nitrogen and oxygen atoms in total. The molecule has 1 N–H and O–H groups in total. The molecule has 190 valence electrons. The van der Waals surface area contributed by atoms with Gasteiger partial charge >= 0.3 is 5.97 Å². The van der Waals surface area contributed by atoms with E-state index in [1.807, 2.05) is 4.90 Å². The molecule has 2 heterocycles. The summed E-state index contributed by atoms with van der Waals surface area (Å²) in [5, 5.41) is 3.47. The summed E-state index contributed by atoms with van der Waals surface area (Å²) in [6.45, 7) is 1.59. The maximum absolute atomic E-state index is 13.0. The van der Waals surface area contributed by atoms with Gasteiger partial charge in [0.05, 0.1) is 31.2 Å². The molecular formula is C24H31N3O6S2. The van der Waals surface area contributed by atoms with Crippen LogP contribution in [0.3, 0.4) is 0 Å². The molecule has 1 saturated heterocycles. The molecule has 0 spiro atoms. The minimum absolute atomic E-state index is 0.125. The predicted octanol–water partition coefficient (Wildman–Crippen LogP) is 2.76. The van der Waals surface area contributed by atoms with E-state index in [9.17, 15) is 18.0 Å². The summed E-state index contributed by atoms with van der Waals surface area (Å²) in [6, 6.07) is 6.32. The fourth-order valence-electron chi connectivity index (χ4n) is 4.54. The van der Waals surface area contributed by atoms with E-state index in [0.717, 1.165) is 42.5 Å². The Balaban J connectivity index is 1.37. The Morgan fingerprint density at radius 2 is 1.69 bits per heavy atom. The lowest BCUT2D eigenvalue weighted by Gasteiger charge is -2.33. The normalized spacial score (nSPS) is 17.3. The van der Waals surface area contributed by atoms with Crippen LogP contribution in [0.5, 0.6) is 5.75 Å². The summed E-state index contributed by atoms with van der Waals surface area (Å²) < 4.78 is 37.4. The molecule has 1 amide bonds. The maximum atomic E-state index is 13.0. The van der Waals surface area contributed by atoms with Gasteiger partial charge in [0, 0.05) is 31.1 Å². The third-order valence-electron chi connectivity index (χ3n) is 6.46. The van der Waals surface area contributed by atoms with Crippen molar-refractivity contribution in [1.82, 2.24) is 9.21 Å². The van der Waals surface area contributed by atoms with Crippen LogP contribution in [0.15, 0.2) is 29.2 Å². The van der Waals surface area contributed by atoms with Gasteiger partial charge in [0.1, 0.15) is 10.8 Å². The predicted molar refractivity (Wildman–Crippen MR) is 134 cm³/mol. The molecule has 1 aliphatic carbocycles. The molecule has 0 bridgehead atoms. The van der Waals surface area contributed by atoms with Gasteiger partial charge in [-0.25, -0.2) is 13.2 Å². The van der Waals surface area contributed by atoms with Crippen molar-refractivity contribution in [2.75, 3.05) is 52.3 Å². The number of carbonyl (C=O) groups excluding carboxylic acids is 2. The zero-order valence-electron chi connectivity index (χ0n) is 20.0. The summed E-state index contributed by atoms with van der Waals surface area (Å²) >= 11 is 1.47. The zero-order chi connectivity index (χ0) is 25.0. The maximum Gasteiger partial charge on any atom is 0.341 e. The van der Waals surface area contributed by atoms with Crippen LogP contribution in [-0.4, -0.2) is 76.4 Å². The number of fused-ring (bicyclic) bond motifs is 1. The van der Waals surface area contributed by atoms with Crippen molar-refractivity contribution in [3.05, 3.63) is 40.3 Å². The number of sulfonamides is 1. The van der Waals surface area contributed by atoms with Crippen LogP contribution in [0.4, 0.5) is 5.00 Å². The SMILES string of the molecule is COC(=O)c1c(NC(=O)CN2CCN(S(=O)(=O)c3ccc(OC)cc3)CC2)sc2c1CCCCC2. The summed E-state index contributed by atoms with van der Waals surface area (Å²) in [4.78, 5) is 28.6. The van der Waals surface area contributed by atoms with Gasteiger partial charge in [0.15, 0.2) is 0 Å². The van der Waals surface area contributed by atoms with Crippen LogP contribution in [0, 0.1) is 0 Å². The number of anilines is 1. The first kappa shape index (κ1) is 25.6. The number of thiophene rings is 1. The molecule has 1 aliphatic heterocycles. The topological polar surface area (TPSA) is 105 Å². The number of piperazine rings is 1. The summed E-state index contributed by atoms with van der Waals surface area (Å²) in [5.41, 5.74) is 1.49. The molecule has 35 heavy (non-hydrogen) atoms. The summed E-state index contributed by atoms with van der Waals surface area (Å²) in [5.74, 6) is -0.0487. The van der Waals surface area contributed by atoms with E-state index in [2.05, 4.69) is 5.32 Å². The Kier molecular flexibility index (Phi) is 8.10. The molecule has 2 aliphatic rings. The first-order chi connectivity index (χ1) is 16.8.